The van der Waals surface area contributed by atoms with E-state index < -0.39 is 0 Å². The third-order valence-corrected chi connectivity index (χ3v) is 4.25. The highest BCUT2D eigenvalue weighted by Gasteiger charge is 2.23. The zero-order chi connectivity index (χ0) is 19.8. The molecule has 2 rings (SSSR count). The fourth-order valence-corrected chi connectivity index (χ4v) is 2.91. The van der Waals surface area contributed by atoms with Gasteiger partial charge in [-0.25, -0.2) is 0 Å². The summed E-state index contributed by atoms with van der Waals surface area (Å²) in [4.78, 5) is 19.1. The first kappa shape index (κ1) is 21.0. The second-order valence-corrected chi connectivity index (χ2v) is 6.86. The third kappa shape index (κ3) is 5.60. The number of carbonyl (C=O) groups excluding carboxylic acids is 1. The van der Waals surface area contributed by atoms with Gasteiger partial charge in [0.15, 0.2) is 11.5 Å². The van der Waals surface area contributed by atoms with E-state index in [9.17, 15) is 4.79 Å². The Kier molecular flexibility index (Phi) is 7.92. The average molecular weight is 391 g/mol. The van der Waals surface area contributed by atoms with E-state index in [2.05, 4.69) is 4.98 Å². The first-order valence-corrected chi connectivity index (χ1v) is 9.64. The quantitative estimate of drug-likeness (QED) is 0.606. The largest absolute Gasteiger partial charge is 0.490 e. The van der Waals surface area contributed by atoms with Crippen molar-refractivity contribution in [2.75, 3.05) is 13.2 Å². The summed E-state index contributed by atoms with van der Waals surface area (Å²) in [5.74, 6) is 0.867. The summed E-state index contributed by atoms with van der Waals surface area (Å²) in [6.45, 7) is 9.34. The Balaban J connectivity index is 2.34. The van der Waals surface area contributed by atoms with Crippen molar-refractivity contribution in [3.63, 3.8) is 0 Å². The Morgan fingerprint density at radius 1 is 1.26 bits per heavy atom. The van der Waals surface area contributed by atoms with Crippen molar-refractivity contribution < 1.29 is 14.3 Å². The number of pyridine rings is 1. The van der Waals surface area contributed by atoms with E-state index >= 15 is 0 Å². The molecule has 6 heteroatoms. The maximum Gasteiger partial charge on any atom is 0.254 e. The predicted octanol–water partition coefficient (Wildman–Crippen LogP) is 4.97. The summed E-state index contributed by atoms with van der Waals surface area (Å²) in [7, 11) is 0. The molecule has 0 N–H and O–H groups in total. The number of carbonyl (C=O) groups is 1. The van der Waals surface area contributed by atoms with Gasteiger partial charge in [-0.15, -0.1) is 0 Å². The van der Waals surface area contributed by atoms with E-state index in [-0.39, 0.29) is 11.9 Å². The molecule has 1 aromatic heterocycles. The fourth-order valence-electron chi connectivity index (χ4n) is 2.64. The number of amides is 1. The van der Waals surface area contributed by atoms with E-state index in [1.54, 1.807) is 29.4 Å². The lowest BCUT2D eigenvalue weighted by Gasteiger charge is -2.27. The van der Waals surface area contributed by atoms with Gasteiger partial charge in [-0.1, -0.05) is 24.6 Å². The molecule has 5 nitrogen and oxygen atoms in total. The number of rotatable bonds is 9. The molecular formula is C21H27ClN2O3. The molecule has 0 atom stereocenters. The average Bonchev–Trinajstić information content (AvgIpc) is 2.65. The van der Waals surface area contributed by atoms with Crippen LogP contribution in [-0.2, 0) is 6.54 Å². The molecule has 0 bridgehead atoms. The van der Waals surface area contributed by atoms with Gasteiger partial charge in [0, 0.05) is 30.5 Å². The van der Waals surface area contributed by atoms with Crippen molar-refractivity contribution in [3.05, 3.63) is 52.8 Å². The molecule has 0 saturated heterocycles. The van der Waals surface area contributed by atoms with Crippen LogP contribution in [0.15, 0.2) is 36.7 Å². The summed E-state index contributed by atoms with van der Waals surface area (Å²) < 4.78 is 11.4. The first-order valence-electron chi connectivity index (χ1n) is 9.26. The lowest BCUT2D eigenvalue weighted by atomic mass is 10.1. The molecule has 146 valence electrons. The van der Waals surface area contributed by atoms with Crippen LogP contribution in [0.5, 0.6) is 11.5 Å². The van der Waals surface area contributed by atoms with Gasteiger partial charge in [0.1, 0.15) is 0 Å². The predicted molar refractivity (Wildman–Crippen MR) is 108 cm³/mol. The minimum atomic E-state index is -0.112. The molecular weight excluding hydrogens is 364 g/mol. The smallest absolute Gasteiger partial charge is 0.254 e. The molecule has 0 radical (unpaired) electrons. The van der Waals surface area contributed by atoms with Gasteiger partial charge in [0.25, 0.3) is 5.91 Å². The van der Waals surface area contributed by atoms with Gasteiger partial charge >= 0.3 is 0 Å². The number of ether oxygens (including phenoxy) is 2. The number of hydrogen-bond donors (Lipinski definition) is 0. The summed E-state index contributed by atoms with van der Waals surface area (Å²) >= 11 is 6.41. The number of halogens is 1. The first-order chi connectivity index (χ1) is 13.0. The SMILES string of the molecule is CCCOc1c(Cl)cc(C(=O)N(Cc2cccnc2)C(C)C)cc1OCC. The topological polar surface area (TPSA) is 51.7 Å². The molecule has 27 heavy (non-hydrogen) atoms. The monoisotopic (exact) mass is 390 g/mol. The molecule has 0 saturated carbocycles. The standard InChI is InChI=1S/C21H27ClN2O3/c1-5-10-27-20-18(22)11-17(12-19(20)26-6-2)21(25)24(15(3)4)14-16-8-7-9-23-13-16/h7-9,11-13,15H,5-6,10,14H2,1-4H3. The Morgan fingerprint density at radius 2 is 2.04 bits per heavy atom. The second-order valence-electron chi connectivity index (χ2n) is 6.45. The van der Waals surface area contributed by atoms with Crippen LogP contribution in [-0.4, -0.2) is 35.0 Å². The summed E-state index contributed by atoms with van der Waals surface area (Å²) in [6.07, 6.45) is 4.34. The molecule has 1 amide bonds. The highest BCUT2D eigenvalue weighted by atomic mass is 35.5. The Morgan fingerprint density at radius 3 is 2.63 bits per heavy atom. The van der Waals surface area contributed by atoms with Crippen molar-refractivity contribution in [2.45, 2.75) is 46.7 Å². The lowest BCUT2D eigenvalue weighted by Crippen LogP contribution is -2.36. The summed E-state index contributed by atoms with van der Waals surface area (Å²) in [6, 6.07) is 7.19. The Bertz CT molecular complexity index is 751. The molecule has 2 aromatic rings. The van der Waals surface area contributed by atoms with Crippen LogP contribution in [0.4, 0.5) is 0 Å². The molecule has 0 aliphatic rings. The molecule has 1 heterocycles. The zero-order valence-corrected chi connectivity index (χ0v) is 17.1. The second kappa shape index (κ2) is 10.2. The van der Waals surface area contributed by atoms with E-state index in [0.29, 0.717) is 41.8 Å². The van der Waals surface area contributed by atoms with Crippen LogP contribution in [0, 0.1) is 0 Å². The Labute approximate surface area is 166 Å². The van der Waals surface area contributed by atoms with E-state index in [4.69, 9.17) is 21.1 Å². The van der Waals surface area contributed by atoms with Crippen LogP contribution in [0.2, 0.25) is 5.02 Å². The number of benzene rings is 1. The van der Waals surface area contributed by atoms with Crippen LogP contribution in [0.1, 0.15) is 50.0 Å². The maximum absolute atomic E-state index is 13.2. The number of hydrogen-bond acceptors (Lipinski definition) is 4. The van der Waals surface area contributed by atoms with Gasteiger partial charge in [0.05, 0.1) is 18.2 Å². The highest BCUT2D eigenvalue weighted by molar-refractivity contribution is 6.32. The van der Waals surface area contributed by atoms with E-state index in [1.807, 2.05) is 39.8 Å². The van der Waals surface area contributed by atoms with Crippen LogP contribution >= 0.6 is 11.6 Å². The molecule has 0 aliphatic carbocycles. The van der Waals surface area contributed by atoms with Crippen LogP contribution in [0.25, 0.3) is 0 Å². The minimum Gasteiger partial charge on any atom is -0.490 e. The number of nitrogens with zero attached hydrogens (tertiary/aromatic N) is 2. The van der Waals surface area contributed by atoms with Crippen LogP contribution < -0.4 is 9.47 Å². The van der Waals surface area contributed by atoms with Crippen LogP contribution in [0.3, 0.4) is 0 Å². The molecule has 0 unspecified atom stereocenters. The van der Waals surface area contributed by atoms with Gasteiger partial charge in [0.2, 0.25) is 0 Å². The number of aromatic nitrogens is 1. The molecule has 0 spiro atoms. The van der Waals surface area contributed by atoms with Crippen molar-refractivity contribution in [3.8, 4) is 11.5 Å². The normalized spacial score (nSPS) is 10.7. The summed E-state index contributed by atoms with van der Waals surface area (Å²) in [5, 5.41) is 0.378. The third-order valence-electron chi connectivity index (χ3n) is 3.97. The van der Waals surface area contributed by atoms with E-state index in [1.165, 1.54) is 0 Å². The minimum absolute atomic E-state index is 0.0167. The van der Waals surface area contributed by atoms with Gasteiger partial charge < -0.3 is 14.4 Å². The summed E-state index contributed by atoms with van der Waals surface area (Å²) in [5.41, 5.74) is 1.45. The lowest BCUT2D eigenvalue weighted by molar-refractivity contribution is 0.0689. The van der Waals surface area contributed by atoms with Crippen molar-refractivity contribution in [2.24, 2.45) is 0 Å². The van der Waals surface area contributed by atoms with Gasteiger partial charge in [-0.2, -0.15) is 0 Å². The zero-order valence-electron chi connectivity index (χ0n) is 16.4. The maximum atomic E-state index is 13.2. The van der Waals surface area contributed by atoms with Crippen molar-refractivity contribution in [1.29, 1.82) is 0 Å². The molecule has 0 aliphatic heterocycles. The Hall–Kier alpha value is -2.27. The molecule has 1 aromatic carbocycles. The van der Waals surface area contributed by atoms with E-state index in [0.717, 1.165) is 12.0 Å². The van der Waals surface area contributed by atoms with Crippen molar-refractivity contribution >= 4 is 17.5 Å². The molecule has 0 fully saturated rings. The van der Waals surface area contributed by atoms with Crippen molar-refractivity contribution in [1.82, 2.24) is 9.88 Å². The highest BCUT2D eigenvalue weighted by Crippen LogP contribution is 2.37. The van der Waals surface area contributed by atoms with Gasteiger partial charge in [-0.3, -0.25) is 9.78 Å². The fraction of sp³-hybridized carbons (Fsp3) is 0.429. The van der Waals surface area contributed by atoms with Gasteiger partial charge in [-0.05, 0) is 51.0 Å².